The molecule has 2 aliphatic heterocycles. The molecule has 0 aliphatic carbocycles. The molecule has 2 N–H and O–H groups in total. The maximum absolute atomic E-state index is 13.1. The maximum Gasteiger partial charge on any atom is 0.408 e. The number of nitrogens with zero attached hydrogens (tertiary/aromatic N) is 1. The van der Waals surface area contributed by atoms with Crippen molar-refractivity contribution in [2.75, 3.05) is 0 Å². The number of piperidine rings is 1. The molecular formula is C24H27N3O4. The van der Waals surface area contributed by atoms with Crippen LogP contribution in [0, 0.1) is 0 Å². The molecule has 4 rings (SSSR count). The number of alkyl carbamates (subject to hydrolysis) is 1. The second kappa shape index (κ2) is 9.64. The second-order valence-corrected chi connectivity index (χ2v) is 8.03. The first-order valence-corrected chi connectivity index (χ1v) is 10.7. The van der Waals surface area contributed by atoms with Crippen molar-refractivity contribution in [3.05, 3.63) is 71.8 Å². The van der Waals surface area contributed by atoms with Gasteiger partial charge in [-0.15, -0.1) is 0 Å². The Balaban J connectivity index is 1.32. The third-order valence-electron chi connectivity index (χ3n) is 5.96. The van der Waals surface area contributed by atoms with Gasteiger partial charge >= 0.3 is 6.09 Å². The number of hydrogen-bond donors (Lipinski definition) is 2. The van der Waals surface area contributed by atoms with E-state index in [2.05, 4.69) is 10.6 Å². The fraction of sp³-hybridized carbons (Fsp3) is 0.375. The SMILES string of the molecule is O=C(N[C@H]1CC[C@@H]2CC[C@@H](C(=O)NCc3ccccc3)N2C1=O)OCc1ccccc1. The molecule has 2 aromatic carbocycles. The standard InChI is InChI=1S/C24H27N3O4/c28-22(25-15-17-7-3-1-4-8-17)21-14-12-19-11-13-20(23(29)27(19)21)26-24(30)31-16-18-9-5-2-6-10-18/h1-10,19-21H,11-16H2,(H,25,28)(H,26,30)/t19-,20+,21+/m1/s1. The summed E-state index contributed by atoms with van der Waals surface area (Å²) in [7, 11) is 0. The lowest BCUT2D eigenvalue weighted by atomic mass is 9.98. The van der Waals surface area contributed by atoms with E-state index in [1.807, 2.05) is 60.7 Å². The Labute approximate surface area is 181 Å². The average Bonchev–Trinajstić information content (AvgIpc) is 3.24. The Bertz CT molecular complexity index is 919. The van der Waals surface area contributed by atoms with Crippen molar-refractivity contribution in [1.82, 2.24) is 15.5 Å². The largest absolute Gasteiger partial charge is 0.445 e. The molecule has 31 heavy (non-hydrogen) atoms. The van der Waals surface area contributed by atoms with E-state index in [4.69, 9.17) is 4.74 Å². The average molecular weight is 421 g/mol. The lowest BCUT2D eigenvalue weighted by Crippen LogP contribution is -2.58. The van der Waals surface area contributed by atoms with Crippen molar-refractivity contribution in [1.29, 1.82) is 0 Å². The highest BCUT2D eigenvalue weighted by molar-refractivity contribution is 5.92. The first-order valence-electron chi connectivity index (χ1n) is 10.7. The van der Waals surface area contributed by atoms with E-state index in [-0.39, 0.29) is 24.5 Å². The molecule has 3 atom stereocenters. The molecule has 2 fully saturated rings. The van der Waals surface area contributed by atoms with Crippen LogP contribution in [0.5, 0.6) is 0 Å². The third kappa shape index (κ3) is 5.05. The van der Waals surface area contributed by atoms with Crippen molar-refractivity contribution in [3.63, 3.8) is 0 Å². The summed E-state index contributed by atoms with van der Waals surface area (Å²) in [6.45, 7) is 0.570. The zero-order chi connectivity index (χ0) is 21.6. The van der Waals surface area contributed by atoms with Crippen LogP contribution in [0.15, 0.2) is 60.7 Å². The fourth-order valence-electron chi connectivity index (χ4n) is 4.36. The van der Waals surface area contributed by atoms with E-state index in [0.29, 0.717) is 19.4 Å². The Morgan fingerprint density at radius 1 is 0.903 bits per heavy atom. The minimum absolute atomic E-state index is 0.0540. The molecule has 0 unspecified atom stereocenters. The van der Waals surface area contributed by atoms with Gasteiger partial charge in [-0.05, 0) is 36.8 Å². The lowest BCUT2D eigenvalue weighted by molar-refractivity contribution is -0.144. The molecule has 7 nitrogen and oxygen atoms in total. The molecule has 2 heterocycles. The molecule has 0 spiro atoms. The van der Waals surface area contributed by atoms with Gasteiger partial charge < -0.3 is 20.3 Å². The zero-order valence-corrected chi connectivity index (χ0v) is 17.3. The molecule has 2 aromatic rings. The number of carbonyl (C=O) groups is 3. The highest BCUT2D eigenvalue weighted by Gasteiger charge is 2.46. The van der Waals surface area contributed by atoms with Gasteiger partial charge in [0.25, 0.3) is 0 Å². The van der Waals surface area contributed by atoms with Crippen LogP contribution in [-0.4, -0.2) is 40.9 Å². The van der Waals surface area contributed by atoms with Crippen molar-refractivity contribution < 1.29 is 19.1 Å². The van der Waals surface area contributed by atoms with E-state index in [1.54, 1.807) is 4.90 Å². The maximum atomic E-state index is 13.1. The minimum Gasteiger partial charge on any atom is -0.445 e. The van der Waals surface area contributed by atoms with Crippen molar-refractivity contribution >= 4 is 17.9 Å². The predicted octanol–water partition coefficient (Wildman–Crippen LogP) is 2.75. The third-order valence-corrected chi connectivity index (χ3v) is 5.96. The molecule has 0 aromatic heterocycles. The first kappa shape index (κ1) is 20.9. The highest BCUT2D eigenvalue weighted by Crippen LogP contribution is 2.32. The van der Waals surface area contributed by atoms with Crippen LogP contribution in [0.4, 0.5) is 4.79 Å². The second-order valence-electron chi connectivity index (χ2n) is 8.03. The summed E-state index contributed by atoms with van der Waals surface area (Å²) < 4.78 is 5.25. The number of fused-ring (bicyclic) bond motifs is 1. The minimum atomic E-state index is -0.665. The van der Waals surface area contributed by atoms with Crippen LogP contribution < -0.4 is 10.6 Å². The molecular weight excluding hydrogens is 394 g/mol. The normalized spacial score (nSPS) is 22.5. The van der Waals surface area contributed by atoms with Gasteiger partial charge in [0.2, 0.25) is 11.8 Å². The topological polar surface area (TPSA) is 87.7 Å². The molecule has 7 heteroatoms. The molecule has 0 saturated carbocycles. The van der Waals surface area contributed by atoms with Crippen LogP contribution in [0.25, 0.3) is 0 Å². The highest BCUT2D eigenvalue weighted by atomic mass is 16.5. The summed E-state index contributed by atoms with van der Waals surface area (Å²) in [4.78, 5) is 39.8. The van der Waals surface area contributed by atoms with E-state index >= 15 is 0 Å². The van der Waals surface area contributed by atoms with Gasteiger partial charge in [-0.2, -0.15) is 0 Å². The number of ether oxygens (including phenoxy) is 1. The summed E-state index contributed by atoms with van der Waals surface area (Å²) in [6.07, 6.45) is 2.14. The van der Waals surface area contributed by atoms with Gasteiger partial charge in [0.1, 0.15) is 18.7 Å². The number of nitrogens with one attached hydrogen (secondary N) is 2. The summed E-state index contributed by atoms with van der Waals surface area (Å²) in [6, 6.07) is 17.9. The Morgan fingerprint density at radius 2 is 1.55 bits per heavy atom. The summed E-state index contributed by atoms with van der Waals surface area (Å²) >= 11 is 0. The zero-order valence-electron chi connectivity index (χ0n) is 17.3. The van der Waals surface area contributed by atoms with E-state index in [1.165, 1.54) is 0 Å². The van der Waals surface area contributed by atoms with Gasteiger partial charge in [0.05, 0.1) is 0 Å². The number of hydrogen-bond acceptors (Lipinski definition) is 4. The summed E-state index contributed by atoms with van der Waals surface area (Å²) in [5, 5.41) is 5.63. The molecule has 2 aliphatic rings. The van der Waals surface area contributed by atoms with Crippen molar-refractivity contribution in [2.45, 2.75) is 57.0 Å². The van der Waals surface area contributed by atoms with Gasteiger partial charge in [0.15, 0.2) is 0 Å². The van der Waals surface area contributed by atoms with E-state index in [0.717, 1.165) is 24.0 Å². The Morgan fingerprint density at radius 3 is 2.26 bits per heavy atom. The van der Waals surface area contributed by atoms with Crippen LogP contribution in [-0.2, 0) is 27.5 Å². The van der Waals surface area contributed by atoms with Crippen LogP contribution in [0.3, 0.4) is 0 Å². The van der Waals surface area contributed by atoms with E-state index < -0.39 is 18.2 Å². The van der Waals surface area contributed by atoms with Gasteiger partial charge in [-0.1, -0.05) is 60.7 Å². The Kier molecular flexibility index (Phi) is 6.50. The Hall–Kier alpha value is -3.35. The molecule has 0 bridgehead atoms. The first-order chi connectivity index (χ1) is 15.1. The summed E-state index contributed by atoms with van der Waals surface area (Å²) in [5.41, 5.74) is 1.89. The van der Waals surface area contributed by atoms with Gasteiger partial charge in [-0.25, -0.2) is 4.79 Å². The number of rotatable bonds is 6. The lowest BCUT2D eigenvalue weighted by Gasteiger charge is -2.37. The summed E-state index contributed by atoms with van der Waals surface area (Å²) in [5.74, 6) is -0.350. The smallest absolute Gasteiger partial charge is 0.408 e. The van der Waals surface area contributed by atoms with Crippen LogP contribution >= 0.6 is 0 Å². The quantitative estimate of drug-likeness (QED) is 0.751. The monoisotopic (exact) mass is 421 g/mol. The molecule has 3 amide bonds. The molecule has 0 radical (unpaired) electrons. The number of benzene rings is 2. The number of carbonyl (C=O) groups excluding carboxylic acids is 3. The molecule has 162 valence electrons. The van der Waals surface area contributed by atoms with Crippen molar-refractivity contribution in [2.24, 2.45) is 0 Å². The van der Waals surface area contributed by atoms with E-state index in [9.17, 15) is 14.4 Å². The van der Waals surface area contributed by atoms with Crippen molar-refractivity contribution in [3.8, 4) is 0 Å². The van der Waals surface area contributed by atoms with Crippen LogP contribution in [0.2, 0.25) is 0 Å². The molecule has 2 saturated heterocycles. The number of amides is 3. The fourth-order valence-corrected chi connectivity index (χ4v) is 4.36. The van der Waals surface area contributed by atoms with Gasteiger partial charge in [0, 0.05) is 12.6 Å². The predicted molar refractivity (Wildman–Crippen MR) is 115 cm³/mol. The van der Waals surface area contributed by atoms with Gasteiger partial charge in [-0.3, -0.25) is 9.59 Å². The van der Waals surface area contributed by atoms with Crippen LogP contribution in [0.1, 0.15) is 36.8 Å².